The maximum atomic E-state index is 12.7. The molecule has 0 aromatic rings. The van der Waals surface area contributed by atoms with E-state index in [1.807, 2.05) is 0 Å². The zero-order chi connectivity index (χ0) is 23.6. The predicted molar refractivity (Wildman–Crippen MR) is 93.4 cm³/mol. The van der Waals surface area contributed by atoms with Gasteiger partial charge in [0.1, 0.15) is 17.6 Å². The van der Waals surface area contributed by atoms with E-state index >= 15 is 0 Å². The lowest BCUT2D eigenvalue weighted by Crippen LogP contribution is -2.77. The van der Waals surface area contributed by atoms with E-state index in [1.165, 1.54) is 23.6 Å². The molecule has 30 heavy (non-hydrogen) atoms. The van der Waals surface area contributed by atoms with Crippen LogP contribution in [-0.4, -0.2) is 97.9 Å². The smallest absolute Gasteiger partial charge is 0.475 e. The Morgan fingerprint density at radius 3 is 2.00 bits per heavy atom. The fourth-order valence-electron chi connectivity index (χ4n) is 3.45. The number of aliphatic carboxylic acids is 1. The topological polar surface area (TPSA) is 187 Å². The van der Waals surface area contributed by atoms with Crippen molar-refractivity contribution in [3.05, 3.63) is 0 Å². The summed E-state index contributed by atoms with van der Waals surface area (Å²) in [6, 6.07) is -2.22. The number of amides is 3. The van der Waals surface area contributed by atoms with Crippen LogP contribution in [-0.2, 0) is 19.2 Å². The number of aliphatic hydroxyl groups is 2. The minimum absolute atomic E-state index is 0.128. The third-order valence-electron chi connectivity index (χ3n) is 4.98. The molecule has 0 aromatic heterocycles. The van der Waals surface area contributed by atoms with Gasteiger partial charge in [-0.3, -0.25) is 14.4 Å². The highest BCUT2D eigenvalue weighted by Crippen LogP contribution is 2.40. The molecule has 2 aliphatic rings. The lowest BCUT2D eigenvalue weighted by atomic mass is 9.83. The molecule has 5 atom stereocenters. The van der Waals surface area contributed by atoms with Crippen molar-refractivity contribution in [1.82, 2.24) is 9.80 Å². The van der Waals surface area contributed by atoms with Crippen LogP contribution < -0.4 is 11.5 Å². The van der Waals surface area contributed by atoms with Crippen molar-refractivity contribution in [2.24, 2.45) is 11.5 Å². The molecular weight excluding hydrogens is 417 g/mol. The first-order valence-electron chi connectivity index (χ1n) is 8.91. The molecule has 1 spiro atoms. The SMILES string of the molecule is CC(O)C(N)C(=O)N1CCCC12CN([C@H](C(N)=O)[C@@H](C)O)C2=O.O=C(O)C(F)(F)F. The molecule has 0 aromatic carbocycles. The van der Waals surface area contributed by atoms with E-state index < -0.39 is 59.7 Å². The van der Waals surface area contributed by atoms with Gasteiger partial charge in [-0.15, -0.1) is 0 Å². The van der Waals surface area contributed by atoms with Crippen molar-refractivity contribution < 1.29 is 47.7 Å². The van der Waals surface area contributed by atoms with E-state index in [0.717, 1.165) is 0 Å². The van der Waals surface area contributed by atoms with E-state index in [9.17, 15) is 37.8 Å². The fourth-order valence-corrected chi connectivity index (χ4v) is 3.45. The van der Waals surface area contributed by atoms with Crippen LogP contribution in [0.25, 0.3) is 0 Å². The van der Waals surface area contributed by atoms with E-state index in [1.54, 1.807) is 0 Å². The average Bonchev–Trinajstić information content (AvgIpc) is 3.05. The molecule has 0 bridgehead atoms. The number of primary amides is 1. The van der Waals surface area contributed by atoms with Gasteiger partial charge in [-0.25, -0.2) is 4.79 Å². The number of hydrogen-bond donors (Lipinski definition) is 5. The Morgan fingerprint density at radius 2 is 1.67 bits per heavy atom. The number of hydrogen-bond acceptors (Lipinski definition) is 7. The van der Waals surface area contributed by atoms with Gasteiger partial charge in [-0.1, -0.05) is 0 Å². The molecule has 2 aliphatic heterocycles. The van der Waals surface area contributed by atoms with Gasteiger partial charge in [-0.05, 0) is 26.7 Å². The second kappa shape index (κ2) is 9.14. The van der Waals surface area contributed by atoms with Crippen molar-refractivity contribution in [2.75, 3.05) is 13.1 Å². The van der Waals surface area contributed by atoms with Crippen LogP contribution in [0.1, 0.15) is 26.7 Å². The summed E-state index contributed by atoms with van der Waals surface area (Å²) in [5.41, 5.74) is 9.91. The molecule has 3 unspecified atom stereocenters. The Labute approximate surface area is 169 Å². The van der Waals surface area contributed by atoms with Crippen LogP contribution in [0.2, 0.25) is 0 Å². The van der Waals surface area contributed by atoms with Gasteiger partial charge in [-0.2, -0.15) is 13.2 Å². The molecule has 2 heterocycles. The second-order valence-electron chi connectivity index (χ2n) is 7.22. The van der Waals surface area contributed by atoms with Crippen LogP contribution in [0, 0.1) is 0 Å². The van der Waals surface area contributed by atoms with Crippen molar-refractivity contribution >= 4 is 23.7 Å². The Hall–Kier alpha value is -2.45. The standard InChI is InChI=1S/C14H24N4O5.C2HF3O2/c1-7(19)9(15)12(22)18-5-3-4-14(18)6-17(13(14)23)10(8(2)20)11(16)21;3-2(4,5)1(6)7/h7-10,19-20H,3-6,15H2,1-2H3,(H2,16,21);(H,6,7)/t7?,8-,9?,10+,14?;/m1./s1. The summed E-state index contributed by atoms with van der Waals surface area (Å²) >= 11 is 0. The fraction of sp³-hybridized carbons (Fsp3) is 0.750. The number of carboxylic acids is 1. The van der Waals surface area contributed by atoms with Gasteiger partial charge in [0.15, 0.2) is 0 Å². The van der Waals surface area contributed by atoms with Crippen molar-refractivity contribution in [2.45, 2.75) is 62.7 Å². The number of carbonyl (C=O) groups excluding carboxylic acids is 3. The molecular formula is C16H25F3N4O7. The zero-order valence-electron chi connectivity index (χ0n) is 16.3. The monoisotopic (exact) mass is 442 g/mol. The first kappa shape index (κ1) is 25.6. The van der Waals surface area contributed by atoms with Crippen LogP contribution in [0.3, 0.4) is 0 Å². The number of β-lactam (4-membered cyclic amide) rings is 1. The molecule has 2 fully saturated rings. The summed E-state index contributed by atoms with van der Waals surface area (Å²) in [6.07, 6.45) is -6.11. The number of halogens is 3. The molecule has 7 N–H and O–H groups in total. The predicted octanol–water partition coefficient (Wildman–Crippen LogP) is -2.23. The molecule has 0 aliphatic carbocycles. The number of aliphatic hydroxyl groups excluding tert-OH is 2. The second-order valence-corrected chi connectivity index (χ2v) is 7.22. The number of likely N-dealkylation sites (tertiary alicyclic amines) is 2. The van der Waals surface area contributed by atoms with E-state index in [2.05, 4.69) is 0 Å². The number of nitrogens with zero attached hydrogens (tertiary/aromatic N) is 2. The minimum atomic E-state index is -5.08. The van der Waals surface area contributed by atoms with Crippen molar-refractivity contribution in [3.63, 3.8) is 0 Å². The summed E-state index contributed by atoms with van der Waals surface area (Å²) in [4.78, 5) is 48.0. The molecule has 14 heteroatoms. The lowest BCUT2D eigenvalue weighted by molar-refractivity contribution is -0.192. The molecule has 2 saturated heterocycles. The summed E-state index contributed by atoms with van der Waals surface area (Å²) < 4.78 is 31.7. The van der Waals surface area contributed by atoms with E-state index in [-0.39, 0.29) is 6.54 Å². The quantitative estimate of drug-likeness (QED) is 0.296. The molecule has 0 radical (unpaired) electrons. The maximum Gasteiger partial charge on any atom is 0.490 e. The Kier molecular flexibility index (Phi) is 7.79. The summed E-state index contributed by atoms with van der Waals surface area (Å²) in [6.45, 7) is 3.29. The number of carboxylic acid groups (broad SMARTS) is 1. The van der Waals surface area contributed by atoms with Gasteiger partial charge in [0.25, 0.3) is 5.91 Å². The van der Waals surface area contributed by atoms with Crippen LogP contribution >= 0.6 is 0 Å². The van der Waals surface area contributed by atoms with Crippen molar-refractivity contribution in [3.8, 4) is 0 Å². The first-order valence-corrected chi connectivity index (χ1v) is 8.91. The lowest BCUT2D eigenvalue weighted by Gasteiger charge is -2.53. The number of nitrogens with two attached hydrogens (primary N) is 2. The summed E-state index contributed by atoms with van der Waals surface area (Å²) in [5, 5.41) is 26.3. The number of rotatable bonds is 5. The third-order valence-corrected chi connectivity index (χ3v) is 4.98. The van der Waals surface area contributed by atoms with Crippen molar-refractivity contribution in [1.29, 1.82) is 0 Å². The number of carbonyl (C=O) groups is 4. The zero-order valence-corrected chi connectivity index (χ0v) is 16.3. The summed E-state index contributed by atoms with van der Waals surface area (Å²) in [5.74, 6) is -4.45. The minimum Gasteiger partial charge on any atom is -0.475 e. The Morgan fingerprint density at radius 1 is 1.17 bits per heavy atom. The van der Waals surface area contributed by atoms with Gasteiger partial charge in [0, 0.05) is 6.54 Å². The van der Waals surface area contributed by atoms with Crippen LogP contribution in [0.5, 0.6) is 0 Å². The molecule has 3 amide bonds. The maximum absolute atomic E-state index is 12.7. The van der Waals surface area contributed by atoms with E-state index in [4.69, 9.17) is 21.4 Å². The van der Waals surface area contributed by atoms with E-state index in [0.29, 0.717) is 19.4 Å². The summed E-state index contributed by atoms with van der Waals surface area (Å²) in [7, 11) is 0. The largest absolute Gasteiger partial charge is 0.490 e. The molecule has 2 rings (SSSR count). The van der Waals surface area contributed by atoms with Gasteiger partial charge >= 0.3 is 12.1 Å². The average molecular weight is 442 g/mol. The molecule has 11 nitrogen and oxygen atoms in total. The Balaban J connectivity index is 0.000000553. The van der Waals surface area contributed by atoms with Gasteiger partial charge in [0.2, 0.25) is 11.8 Å². The first-order chi connectivity index (χ1) is 13.6. The van der Waals surface area contributed by atoms with Crippen LogP contribution in [0.4, 0.5) is 13.2 Å². The van der Waals surface area contributed by atoms with Gasteiger partial charge in [0.05, 0.1) is 18.8 Å². The highest BCUT2D eigenvalue weighted by atomic mass is 19.4. The highest BCUT2D eigenvalue weighted by Gasteiger charge is 2.62. The highest BCUT2D eigenvalue weighted by molar-refractivity contribution is 6.01. The number of alkyl halides is 3. The Bertz CT molecular complexity index is 701. The van der Waals surface area contributed by atoms with Gasteiger partial charge < -0.3 is 36.6 Å². The molecule has 172 valence electrons. The molecule has 0 saturated carbocycles. The normalized spacial score (nSPS) is 25.0. The third kappa shape index (κ3) is 4.99. The van der Waals surface area contributed by atoms with Crippen LogP contribution in [0.15, 0.2) is 0 Å².